The maximum absolute atomic E-state index is 12.7. The van der Waals surface area contributed by atoms with Crippen LogP contribution in [0.25, 0.3) is 11.4 Å². The van der Waals surface area contributed by atoms with Gasteiger partial charge in [0.2, 0.25) is 0 Å². The van der Waals surface area contributed by atoms with Crippen LogP contribution in [0.2, 0.25) is 0 Å². The van der Waals surface area contributed by atoms with E-state index in [1.54, 1.807) is 4.90 Å². The number of nitrogens with zero attached hydrogens (tertiary/aromatic N) is 4. The number of ether oxygens (including phenoxy) is 2. The zero-order valence-corrected chi connectivity index (χ0v) is 21.5. The number of aromatic nitrogens is 2. The summed E-state index contributed by atoms with van der Waals surface area (Å²) in [5, 5.41) is 5.53. The summed E-state index contributed by atoms with van der Waals surface area (Å²) in [7, 11) is 0. The Morgan fingerprint density at radius 3 is 2.67 bits per heavy atom. The third-order valence-electron chi connectivity index (χ3n) is 6.22. The van der Waals surface area contributed by atoms with Gasteiger partial charge in [0.25, 0.3) is 0 Å². The van der Waals surface area contributed by atoms with Gasteiger partial charge in [-0.2, -0.15) is 0 Å². The van der Waals surface area contributed by atoms with Crippen LogP contribution >= 0.6 is 0 Å². The van der Waals surface area contributed by atoms with Crippen LogP contribution in [0.4, 0.5) is 21.1 Å². The number of fused-ring (bicyclic) bond motifs is 1. The number of amides is 3. The van der Waals surface area contributed by atoms with Gasteiger partial charge in [0.15, 0.2) is 5.82 Å². The molecule has 0 radical (unpaired) electrons. The molecule has 2 aromatic rings. The number of nitrogens with one attached hydrogen (secondary N) is 2. The van der Waals surface area contributed by atoms with Gasteiger partial charge in [-0.3, -0.25) is 0 Å². The third kappa shape index (κ3) is 6.04. The molecule has 1 fully saturated rings. The van der Waals surface area contributed by atoms with Crippen molar-refractivity contribution in [2.75, 3.05) is 49.7 Å². The number of rotatable bonds is 6. The van der Waals surface area contributed by atoms with Crippen LogP contribution in [-0.4, -0.2) is 72.5 Å². The maximum Gasteiger partial charge on any atom is 0.410 e. The van der Waals surface area contributed by atoms with Gasteiger partial charge in [-0.25, -0.2) is 19.6 Å². The Balaban J connectivity index is 1.64. The summed E-state index contributed by atoms with van der Waals surface area (Å²) in [6.07, 6.45) is 0.359. The van der Waals surface area contributed by atoms with E-state index < -0.39 is 0 Å². The summed E-state index contributed by atoms with van der Waals surface area (Å²) in [5.74, 6) is 1.77. The number of hydrogen-bond acceptors (Lipinski definition) is 7. The summed E-state index contributed by atoms with van der Waals surface area (Å²) >= 11 is 0. The third-order valence-corrected chi connectivity index (χ3v) is 6.22. The molecule has 194 valence electrons. The minimum absolute atomic E-state index is 0.184. The largest absolute Gasteiger partial charge is 0.449 e. The molecule has 1 aromatic heterocycles. The molecule has 1 atom stereocenters. The molecule has 36 heavy (non-hydrogen) atoms. The van der Waals surface area contributed by atoms with Crippen molar-refractivity contribution in [1.29, 1.82) is 0 Å². The van der Waals surface area contributed by atoms with Crippen molar-refractivity contribution in [3.8, 4) is 11.4 Å². The second-order valence-corrected chi connectivity index (χ2v) is 9.62. The molecule has 10 heteroatoms. The number of anilines is 2. The molecule has 3 heterocycles. The first-order valence-electron chi connectivity index (χ1n) is 12.7. The Morgan fingerprint density at radius 1 is 1.19 bits per heavy atom. The Morgan fingerprint density at radius 2 is 1.97 bits per heavy atom. The van der Waals surface area contributed by atoms with E-state index in [0.717, 1.165) is 29.2 Å². The quantitative estimate of drug-likeness (QED) is 0.628. The van der Waals surface area contributed by atoms with Gasteiger partial charge in [-0.1, -0.05) is 13.8 Å². The Kier molecular flexibility index (Phi) is 8.25. The molecule has 3 amide bonds. The highest BCUT2D eigenvalue weighted by Crippen LogP contribution is 2.32. The second-order valence-electron chi connectivity index (χ2n) is 9.62. The van der Waals surface area contributed by atoms with Gasteiger partial charge < -0.3 is 29.9 Å². The first-order valence-corrected chi connectivity index (χ1v) is 12.7. The number of carbonyl (C=O) groups is 2. The first kappa shape index (κ1) is 25.7. The maximum atomic E-state index is 12.7. The lowest BCUT2D eigenvalue weighted by Crippen LogP contribution is -2.46. The topological polar surface area (TPSA) is 109 Å². The van der Waals surface area contributed by atoms with E-state index in [0.29, 0.717) is 57.4 Å². The highest BCUT2D eigenvalue weighted by atomic mass is 16.6. The summed E-state index contributed by atoms with van der Waals surface area (Å²) in [5.41, 5.74) is 3.44. The Labute approximate surface area is 212 Å². The van der Waals surface area contributed by atoms with Crippen molar-refractivity contribution in [3.63, 3.8) is 0 Å². The van der Waals surface area contributed by atoms with Crippen molar-refractivity contribution in [2.24, 2.45) is 5.92 Å². The van der Waals surface area contributed by atoms with Crippen LogP contribution in [-0.2, 0) is 22.4 Å². The fourth-order valence-electron chi connectivity index (χ4n) is 4.34. The van der Waals surface area contributed by atoms with E-state index in [1.165, 1.54) is 0 Å². The lowest BCUT2D eigenvalue weighted by atomic mass is 10.0. The van der Waals surface area contributed by atoms with Gasteiger partial charge in [0, 0.05) is 36.4 Å². The monoisotopic (exact) mass is 496 g/mol. The first-order chi connectivity index (χ1) is 17.4. The number of urea groups is 1. The minimum Gasteiger partial charge on any atom is -0.449 e. The molecule has 4 rings (SSSR count). The highest BCUT2D eigenvalue weighted by molar-refractivity contribution is 5.89. The predicted molar refractivity (Wildman–Crippen MR) is 138 cm³/mol. The smallest absolute Gasteiger partial charge is 0.410 e. The molecular weight excluding hydrogens is 460 g/mol. The van der Waals surface area contributed by atoms with E-state index >= 15 is 0 Å². The van der Waals surface area contributed by atoms with Crippen molar-refractivity contribution >= 4 is 23.6 Å². The SMILES string of the molecule is CCNC(=O)Nc1ccc(-c2nc3c(c(N4CCOCC4C)n2)CCN(C(=O)OCC(C)C)C3)cc1. The van der Waals surface area contributed by atoms with Crippen molar-refractivity contribution in [3.05, 3.63) is 35.5 Å². The molecular formula is C26H36N6O4. The molecule has 0 saturated carbocycles. The van der Waals surface area contributed by atoms with Crippen LogP contribution in [0.15, 0.2) is 24.3 Å². The predicted octanol–water partition coefficient (Wildman–Crippen LogP) is 3.66. The second kappa shape index (κ2) is 11.6. The molecule has 2 aliphatic heterocycles. The molecule has 0 bridgehead atoms. The molecule has 1 saturated heterocycles. The number of morpholine rings is 1. The molecule has 2 aliphatic rings. The average molecular weight is 497 g/mol. The van der Waals surface area contributed by atoms with E-state index in [9.17, 15) is 9.59 Å². The summed E-state index contributed by atoms with van der Waals surface area (Å²) in [6.45, 7) is 12.0. The van der Waals surface area contributed by atoms with Gasteiger partial charge >= 0.3 is 12.1 Å². The fourth-order valence-corrected chi connectivity index (χ4v) is 4.34. The van der Waals surface area contributed by atoms with Gasteiger partial charge in [0.05, 0.1) is 38.1 Å². The number of benzene rings is 1. The average Bonchev–Trinajstić information content (AvgIpc) is 2.87. The van der Waals surface area contributed by atoms with Crippen molar-refractivity contribution in [1.82, 2.24) is 20.2 Å². The molecule has 0 spiro atoms. The lowest BCUT2D eigenvalue weighted by molar-refractivity contribution is 0.0871. The molecule has 1 aromatic carbocycles. The van der Waals surface area contributed by atoms with Gasteiger partial charge in [-0.05, 0) is 50.5 Å². The van der Waals surface area contributed by atoms with Gasteiger partial charge in [0.1, 0.15) is 5.82 Å². The molecule has 10 nitrogen and oxygen atoms in total. The Hall–Kier alpha value is -3.40. The molecule has 1 unspecified atom stereocenters. The zero-order chi connectivity index (χ0) is 25.7. The zero-order valence-electron chi connectivity index (χ0n) is 21.5. The molecule has 0 aliphatic carbocycles. The van der Waals surface area contributed by atoms with Crippen molar-refractivity contribution < 1.29 is 19.1 Å². The normalized spacial score (nSPS) is 17.5. The van der Waals surface area contributed by atoms with E-state index in [1.807, 2.05) is 45.0 Å². The highest BCUT2D eigenvalue weighted by Gasteiger charge is 2.30. The minimum atomic E-state index is -0.309. The van der Waals surface area contributed by atoms with Crippen molar-refractivity contribution in [2.45, 2.75) is 46.7 Å². The van der Waals surface area contributed by atoms with E-state index in [2.05, 4.69) is 22.5 Å². The fraction of sp³-hybridized carbons (Fsp3) is 0.538. The van der Waals surface area contributed by atoms with E-state index in [4.69, 9.17) is 19.4 Å². The summed E-state index contributed by atoms with van der Waals surface area (Å²) in [6, 6.07) is 7.40. The van der Waals surface area contributed by atoms with Crippen LogP contribution in [0.5, 0.6) is 0 Å². The summed E-state index contributed by atoms with van der Waals surface area (Å²) in [4.78, 5) is 38.4. The van der Waals surface area contributed by atoms with Crippen LogP contribution in [0, 0.1) is 5.92 Å². The number of carbonyl (C=O) groups excluding carboxylic acids is 2. The van der Waals surface area contributed by atoms with E-state index in [-0.39, 0.29) is 24.1 Å². The molecule has 2 N–H and O–H groups in total. The van der Waals surface area contributed by atoms with Crippen LogP contribution < -0.4 is 15.5 Å². The number of hydrogen-bond donors (Lipinski definition) is 2. The van der Waals surface area contributed by atoms with Crippen LogP contribution in [0.1, 0.15) is 39.0 Å². The Bertz CT molecular complexity index is 1070. The standard InChI is InChI=1S/C26H36N6O4/c1-5-27-25(33)28-20-8-6-19(7-9-20)23-29-22-14-31(26(34)36-15-17(2)3)11-10-21(22)24(30-23)32-12-13-35-16-18(32)4/h6-9,17-18H,5,10-16H2,1-4H3,(H2,27,28,33). The van der Waals surface area contributed by atoms with Crippen LogP contribution in [0.3, 0.4) is 0 Å². The lowest BCUT2D eigenvalue weighted by Gasteiger charge is -2.37. The summed E-state index contributed by atoms with van der Waals surface area (Å²) < 4.78 is 11.1. The van der Waals surface area contributed by atoms with Gasteiger partial charge in [-0.15, -0.1) is 0 Å².